The Balaban J connectivity index is 1.69. The molecule has 0 aliphatic carbocycles. The summed E-state index contributed by atoms with van der Waals surface area (Å²) in [6, 6.07) is 10.5. The van der Waals surface area contributed by atoms with Gasteiger partial charge in [-0.2, -0.15) is 5.10 Å². The summed E-state index contributed by atoms with van der Waals surface area (Å²) < 4.78 is 1.78. The number of rotatable bonds is 5. The molecule has 0 saturated carbocycles. The minimum absolute atomic E-state index is 0.239. The zero-order chi connectivity index (χ0) is 11.2. The van der Waals surface area contributed by atoms with E-state index in [1.54, 1.807) is 10.9 Å². The number of aromatic hydroxyl groups is 1. The molecule has 16 heavy (non-hydrogen) atoms. The Bertz CT molecular complexity index is 423. The highest BCUT2D eigenvalue weighted by Crippen LogP contribution is 2.08. The van der Waals surface area contributed by atoms with Crippen LogP contribution in [0.25, 0.3) is 0 Å². The molecule has 3 heteroatoms. The van der Waals surface area contributed by atoms with Crippen LogP contribution in [0.15, 0.2) is 42.7 Å². The topological polar surface area (TPSA) is 38.1 Å². The largest absolute Gasteiger partial charge is 0.505 e. The van der Waals surface area contributed by atoms with E-state index in [2.05, 4.69) is 29.4 Å². The van der Waals surface area contributed by atoms with Gasteiger partial charge in [0, 0.05) is 6.54 Å². The maximum Gasteiger partial charge on any atom is 0.153 e. The number of hydrogen-bond donors (Lipinski definition) is 1. The van der Waals surface area contributed by atoms with Gasteiger partial charge in [-0.1, -0.05) is 30.3 Å². The van der Waals surface area contributed by atoms with Crippen molar-refractivity contribution in [2.75, 3.05) is 0 Å². The van der Waals surface area contributed by atoms with Crippen LogP contribution in [-0.4, -0.2) is 14.9 Å². The predicted molar refractivity (Wildman–Crippen MR) is 63.3 cm³/mol. The third kappa shape index (κ3) is 3.12. The molecule has 84 valence electrons. The first-order chi connectivity index (χ1) is 7.84. The van der Waals surface area contributed by atoms with Crippen LogP contribution in [0, 0.1) is 0 Å². The predicted octanol–water partition coefficient (Wildman–Crippen LogP) is 2.61. The molecule has 0 amide bonds. The highest BCUT2D eigenvalue weighted by molar-refractivity contribution is 5.14. The Labute approximate surface area is 95.3 Å². The van der Waals surface area contributed by atoms with Gasteiger partial charge in [0.25, 0.3) is 0 Å². The van der Waals surface area contributed by atoms with E-state index < -0.39 is 0 Å². The lowest BCUT2D eigenvalue weighted by Gasteiger charge is -2.02. The van der Waals surface area contributed by atoms with Gasteiger partial charge in [-0.25, -0.2) is 0 Å². The number of aromatic nitrogens is 2. The molecule has 0 aliphatic heterocycles. The normalized spacial score (nSPS) is 10.5. The van der Waals surface area contributed by atoms with Crippen molar-refractivity contribution in [1.82, 2.24) is 9.78 Å². The van der Waals surface area contributed by atoms with Crippen LogP contribution in [0.5, 0.6) is 5.75 Å². The van der Waals surface area contributed by atoms with E-state index in [4.69, 9.17) is 5.11 Å². The van der Waals surface area contributed by atoms with E-state index in [9.17, 15) is 0 Å². The fraction of sp³-hybridized carbons (Fsp3) is 0.308. The summed E-state index contributed by atoms with van der Waals surface area (Å²) in [5.41, 5.74) is 1.38. The molecule has 2 aromatic rings. The lowest BCUT2D eigenvalue weighted by molar-refractivity contribution is 0.472. The second-order valence-corrected chi connectivity index (χ2v) is 3.90. The fourth-order valence-electron chi connectivity index (χ4n) is 1.72. The van der Waals surface area contributed by atoms with Crippen molar-refractivity contribution in [2.24, 2.45) is 0 Å². The Kier molecular flexibility index (Phi) is 3.59. The SMILES string of the molecule is Oc1cnn(CCCCc2ccccc2)c1. The molecule has 1 aromatic heterocycles. The first-order valence-electron chi connectivity index (χ1n) is 5.60. The van der Waals surface area contributed by atoms with Gasteiger partial charge < -0.3 is 5.11 Å². The van der Waals surface area contributed by atoms with Crippen LogP contribution in [0.1, 0.15) is 18.4 Å². The van der Waals surface area contributed by atoms with Crippen LogP contribution in [-0.2, 0) is 13.0 Å². The maximum absolute atomic E-state index is 9.10. The highest BCUT2D eigenvalue weighted by atomic mass is 16.3. The number of aryl methyl sites for hydroxylation is 2. The van der Waals surface area contributed by atoms with Gasteiger partial charge in [0.2, 0.25) is 0 Å². The van der Waals surface area contributed by atoms with Gasteiger partial charge in [0.15, 0.2) is 5.75 Å². The number of hydrogen-bond acceptors (Lipinski definition) is 2. The van der Waals surface area contributed by atoms with Crippen molar-refractivity contribution in [3.05, 3.63) is 48.3 Å². The van der Waals surface area contributed by atoms with E-state index in [1.807, 2.05) is 6.07 Å². The molecule has 0 spiro atoms. The summed E-state index contributed by atoms with van der Waals surface area (Å²) >= 11 is 0. The Morgan fingerprint density at radius 1 is 1.12 bits per heavy atom. The molecule has 1 aromatic carbocycles. The average Bonchev–Trinajstić information content (AvgIpc) is 2.72. The standard InChI is InChI=1S/C13H16N2O/c16-13-10-14-15(11-13)9-5-4-8-12-6-2-1-3-7-12/h1-3,6-7,10-11,16H,4-5,8-9H2. The second kappa shape index (κ2) is 5.35. The Morgan fingerprint density at radius 2 is 1.94 bits per heavy atom. The van der Waals surface area contributed by atoms with Crippen molar-refractivity contribution in [3.8, 4) is 5.75 Å². The molecule has 1 heterocycles. The van der Waals surface area contributed by atoms with Crippen molar-refractivity contribution < 1.29 is 5.11 Å². The molecule has 3 nitrogen and oxygen atoms in total. The molecule has 2 rings (SSSR count). The van der Waals surface area contributed by atoms with Crippen LogP contribution in [0.2, 0.25) is 0 Å². The zero-order valence-electron chi connectivity index (χ0n) is 9.21. The quantitative estimate of drug-likeness (QED) is 0.780. The number of benzene rings is 1. The van der Waals surface area contributed by atoms with Crippen molar-refractivity contribution >= 4 is 0 Å². The van der Waals surface area contributed by atoms with Crippen molar-refractivity contribution in [3.63, 3.8) is 0 Å². The van der Waals surface area contributed by atoms with E-state index in [1.165, 1.54) is 11.8 Å². The summed E-state index contributed by atoms with van der Waals surface area (Å²) in [4.78, 5) is 0. The minimum Gasteiger partial charge on any atom is -0.505 e. The van der Waals surface area contributed by atoms with Gasteiger partial charge in [-0.15, -0.1) is 0 Å². The fourth-order valence-corrected chi connectivity index (χ4v) is 1.72. The summed E-state index contributed by atoms with van der Waals surface area (Å²) in [6.07, 6.45) is 6.45. The van der Waals surface area contributed by atoms with Gasteiger partial charge in [0.1, 0.15) is 0 Å². The first-order valence-corrected chi connectivity index (χ1v) is 5.60. The molecule has 0 aliphatic rings. The molecule has 0 atom stereocenters. The minimum atomic E-state index is 0.239. The highest BCUT2D eigenvalue weighted by Gasteiger charge is 1.96. The van der Waals surface area contributed by atoms with E-state index in [-0.39, 0.29) is 5.75 Å². The van der Waals surface area contributed by atoms with Crippen molar-refractivity contribution in [1.29, 1.82) is 0 Å². The Hall–Kier alpha value is -1.77. The summed E-state index contributed by atoms with van der Waals surface area (Å²) in [5.74, 6) is 0.239. The van der Waals surface area contributed by atoms with Gasteiger partial charge in [-0.05, 0) is 24.8 Å². The van der Waals surface area contributed by atoms with Gasteiger partial charge >= 0.3 is 0 Å². The average molecular weight is 216 g/mol. The lowest BCUT2D eigenvalue weighted by atomic mass is 10.1. The van der Waals surface area contributed by atoms with Gasteiger partial charge in [-0.3, -0.25) is 4.68 Å². The molecule has 1 N–H and O–H groups in total. The van der Waals surface area contributed by atoms with Crippen LogP contribution in [0.4, 0.5) is 0 Å². The summed E-state index contributed by atoms with van der Waals surface area (Å²) in [5, 5.41) is 13.1. The van der Waals surface area contributed by atoms with Crippen molar-refractivity contribution in [2.45, 2.75) is 25.8 Å². The molecule has 0 radical (unpaired) electrons. The molecule has 0 bridgehead atoms. The molecule has 0 unspecified atom stereocenters. The number of nitrogens with zero attached hydrogens (tertiary/aromatic N) is 2. The zero-order valence-corrected chi connectivity index (χ0v) is 9.21. The lowest BCUT2D eigenvalue weighted by Crippen LogP contribution is -1.98. The second-order valence-electron chi connectivity index (χ2n) is 3.90. The van der Waals surface area contributed by atoms with E-state index in [0.717, 1.165) is 25.8 Å². The first kappa shape index (κ1) is 10.7. The third-order valence-electron chi connectivity index (χ3n) is 2.57. The van der Waals surface area contributed by atoms with Crippen LogP contribution in [0.3, 0.4) is 0 Å². The molecule has 0 fully saturated rings. The van der Waals surface area contributed by atoms with E-state index in [0.29, 0.717) is 0 Å². The number of unbranched alkanes of at least 4 members (excludes halogenated alkanes) is 1. The summed E-state index contributed by atoms with van der Waals surface area (Å²) in [6.45, 7) is 0.868. The van der Waals surface area contributed by atoms with Crippen LogP contribution >= 0.6 is 0 Å². The smallest absolute Gasteiger partial charge is 0.153 e. The molecular formula is C13H16N2O. The Morgan fingerprint density at radius 3 is 2.62 bits per heavy atom. The molecular weight excluding hydrogens is 200 g/mol. The molecule has 0 saturated heterocycles. The van der Waals surface area contributed by atoms with Crippen LogP contribution < -0.4 is 0 Å². The van der Waals surface area contributed by atoms with Gasteiger partial charge in [0.05, 0.1) is 12.4 Å². The third-order valence-corrected chi connectivity index (χ3v) is 2.57. The summed E-state index contributed by atoms with van der Waals surface area (Å²) in [7, 11) is 0. The maximum atomic E-state index is 9.10. The monoisotopic (exact) mass is 216 g/mol. The van der Waals surface area contributed by atoms with E-state index >= 15 is 0 Å².